The molecule has 20 heavy (non-hydrogen) atoms. The number of carboxylic acid groups (broad SMARTS) is 1. The van der Waals surface area contributed by atoms with E-state index in [0.717, 1.165) is 5.56 Å². The van der Waals surface area contributed by atoms with Crippen LogP contribution in [0.3, 0.4) is 0 Å². The van der Waals surface area contributed by atoms with E-state index in [4.69, 9.17) is 4.74 Å². The van der Waals surface area contributed by atoms with Crippen LogP contribution in [0.1, 0.15) is 26.3 Å². The lowest BCUT2D eigenvalue weighted by Gasteiger charge is -2.26. The average Bonchev–Trinajstić information content (AvgIpc) is 2.26. The molecule has 0 unspecified atom stereocenters. The maximum Gasteiger partial charge on any atom is 0.321 e. The monoisotopic (exact) mass is 280 g/mol. The van der Waals surface area contributed by atoms with Gasteiger partial charge in [0.15, 0.2) is 0 Å². The van der Waals surface area contributed by atoms with Gasteiger partial charge in [-0.05, 0) is 38.5 Å². The number of hydrogen-bond acceptors (Lipinski definition) is 5. The first-order chi connectivity index (χ1) is 9.20. The molecule has 0 amide bonds. The van der Waals surface area contributed by atoms with Gasteiger partial charge in [0.1, 0.15) is 17.6 Å². The number of ether oxygens (including phenoxy) is 1. The predicted octanol–water partition coefficient (Wildman–Crippen LogP) is -1.06. The van der Waals surface area contributed by atoms with Gasteiger partial charge in [-0.25, -0.2) is 0 Å². The number of nitrogens with zero attached hydrogens (tertiary/aromatic N) is 1. The fourth-order valence-electron chi connectivity index (χ4n) is 1.79. The van der Waals surface area contributed by atoms with Crippen LogP contribution in [0, 0.1) is 5.92 Å². The molecule has 0 aromatic carbocycles. The summed E-state index contributed by atoms with van der Waals surface area (Å²) in [5.74, 6) is -3.66. The minimum Gasteiger partial charge on any atom is -0.549 e. The maximum absolute atomic E-state index is 11.9. The third kappa shape index (κ3) is 4.97. The first-order valence-corrected chi connectivity index (χ1v) is 6.36. The Morgan fingerprint density at radius 3 is 2.35 bits per heavy atom. The fraction of sp³-hybridized carbons (Fsp3) is 0.500. The van der Waals surface area contributed by atoms with Crippen molar-refractivity contribution in [3.05, 3.63) is 30.1 Å². The molecule has 2 atom stereocenters. The van der Waals surface area contributed by atoms with E-state index >= 15 is 0 Å². The van der Waals surface area contributed by atoms with E-state index in [1.807, 2.05) is 0 Å². The van der Waals surface area contributed by atoms with Crippen LogP contribution in [0.5, 0.6) is 0 Å². The number of pyridine rings is 1. The zero-order valence-electron chi connectivity index (χ0n) is 12.0. The normalized spacial score (nSPS) is 14.4. The van der Waals surface area contributed by atoms with E-state index in [1.165, 1.54) is 0 Å². The summed E-state index contributed by atoms with van der Waals surface area (Å²) in [4.78, 5) is 27.0. The quantitative estimate of drug-likeness (QED) is 0.546. The summed E-state index contributed by atoms with van der Waals surface area (Å²) in [5, 5.41) is 11.2. The van der Waals surface area contributed by atoms with Crippen LogP contribution in [0.25, 0.3) is 0 Å². The summed E-state index contributed by atoms with van der Waals surface area (Å²) in [6.07, 6.45) is 3.54. The maximum atomic E-state index is 11.9. The molecule has 0 radical (unpaired) electrons. The first-order valence-electron chi connectivity index (χ1n) is 6.36. The highest BCUT2D eigenvalue weighted by atomic mass is 16.6. The Labute approximate surface area is 118 Å². The lowest BCUT2D eigenvalue weighted by molar-refractivity contribution is -0.433. The van der Waals surface area contributed by atoms with Crippen LogP contribution in [-0.4, -0.2) is 28.6 Å². The molecule has 0 saturated carbocycles. The number of aliphatic carboxylic acids is 1. The Kier molecular flexibility index (Phi) is 5.21. The van der Waals surface area contributed by atoms with Crippen LogP contribution >= 0.6 is 0 Å². The van der Waals surface area contributed by atoms with Crippen LogP contribution in [0.4, 0.5) is 0 Å². The van der Waals surface area contributed by atoms with Crippen molar-refractivity contribution in [1.29, 1.82) is 0 Å². The second-order valence-electron chi connectivity index (χ2n) is 5.65. The molecule has 0 aliphatic heterocycles. The molecule has 0 spiro atoms. The van der Waals surface area contributed by atoms with Crippen molar-refractivity contribution in [2.75, 3.05) is 0 Å². The summed E-state index contributed by atoms with van der Waals surface area (Å²) in [6, 6.07) is 2.83. The number of quaternary nitrogens is 1. The third-order valence-electron chi connectivity index (χ3n) is 2.63. The molecular weight excluding hydrogens is 260 g/mol. The van der Waals surface area contributed by atoms with E-state index in [0.29, 0.717) is 6.42 Å². The van der Waals surface area contributed by atoms with Crippen LogP contribution in [-0.2, 0) is 20.7 Å². The number of carbonyl (C=O) groups is 2. The molecule has 3 N–H and O–H groups in total. The van der Waals surface area contributed by atoms with Crippen LogP contribution < -0.4 is 10.8 Å². The Morgan fingerprint density at radius 2 is 1.90 bits per heavy atom. The number of carbonyl (C=O) groups excluding carboxylic acids is 2. The van der Waals surface area contributed by atoms with Crippen molar-refractivity contribution < 1.29 is 25.2 Å². The summed E-state index contributed by atoms with van der Waals surface area (Å²) >= 11 is 0. The largest absolute Gasteiger partial charge is 0.549 e. The molecule has 1 heterocycles. The van der Waals surface area contributed by atoms with Crippen molar-refractivity contribution in [2.45, 2.75) is 38.8 Å². The highest BCUT2D eigenvalue weighted by Gasteiger charge is 2.33. The van der Waals surface area contributed by atoms with Gasteiger partial charge in [-0.2, -0.15) is 0 Å². The third-order valence-corrected chi connectivity index (χ3v) is 2.63. The molecule has 0 saturated heterocycles. The van der Waals surface area contributed by atoms with Gasteiger partial charge in [-0.3, -0.25) is 9.78 Å². The van der Waals surface area contributed by atoms with Crippen molar-refractivity contribution in [1.82, 2.24) is 4.98 Å². The van der Waals surface area contributed by atoms with E-state index in [-0.39, 0.29) is 0 Å². The molecule has 0 aliphatic carbocycles. The number of hydrogen-bond donors (Lipinski definition) is 1. The molecule has 6 nitrogen and oxygen atoms in total. The number of rotatable bonds is 5. The number of aromatic nitrogens is 1. The van der Waals surface area contributed by atoms with Gasteiger partial charge < -0.3 is 20.4 Å². The summed E-state index contributed by atoms with van der Waals surface area (Å²) in [7, 11) is 0. The fourth-order valence-corrected chi connectivity index (χ4v) is 1.79. The van der Waals surface area contributed by atoms with Gasteiger partial charge in [-0.15, -0.1) is 0 Å². The zero-order chi connectivity index (χ0) is 15.3. The molecule has 0 bridgehead atoms. The van der Waals surface area contributed by atoms with E-state index in [1.54, 1.807) is 45.3 Å². The summed E-state index contributed by atoms with van der Waals surface area (Å²) < 4.78 is 5.11. The van der Waals surface area contributed by atoms with Crippen LogP contribution in [0.15, 0.2) is 24.5 Å². The SMILES string of the molecule is CC(C)(C)OC(=O)[C@@H](C(=O)[O-])[C@H]([NH3+])Cc1ccncc1. The lowest BCUT2D eigenvalue weighted by atomic mass is 9.94. The second-order valence-corrected chi connectivity index (χ2v) is 5.65. The van der Waals surface area contributed by atoms with E-state index < -0.39 is 29.5 Å². The molecule has 1 rings (SSSR count). The van der Waals surface area contributed by atoms with E-state index in [2.05, 4.69) is 10.7 Å². The highest BCUT2D eigenvalue weighted by Crippen LogP contribution is 2.14. The highest BCUT2D eigenvalue weighted by molar-refractivity contribution is 5.93. The molecular formula is C14H20N2O4. The van der Waals surface area contributed by atoms with E-state index in [9.17, 15) is 14.7 Å². The Bertz CT molecular complexity index is 468. The minimum absolute atomic E-state index is 0.334. The summed E-state index contributed by atoms with van der Waals surface area (Å²) in [5.41, 5.74) is 3.87. The lowest BCUT2D eigenvalue weighted by Crippen LogP contribution is -2.69. The van der Waals surface area contributed by atoms with Gasteiger partial charge in [0, 0.05) is 18.8 Å². The smallest absolute Gasteiger partial charge is 0.321 e. The van der Waals surface area contributed by atoms with Crippen molar-refractivity contribution in [2.24, 2.45) is 5.92 Å². The standard InChI is InChI=1S/C14H20N2O4/c1-14(2,3)20-13(19)11(12(17)18)10(15)8-9-4-6-16-7-5-9/h4-7,10-11H,8,15H2,1-3H3,(H,17,18)/t10-,11-/m1/s1. The van der Waals surface area contributed by atoms with Gasteiger partial charge in [-0.1, -0.05) is 0 Å². The Hall–Kier alpha value is -1.95. The topological polar surface area (TPSA) is 107 Å². The van der Waals surface area contributed by atoms with Gasteiger partial charge >= 0.3 is 5.97 Å². The minimum atomic E-state index is -1.46. The molecule has 0 fully saturated rings. The number of carboxylic acids is 1. The van der Waals surface area contributed by atoms with Crippen LogP contribution in [0.2, 0.25) is 0 Å². The van der Waals surface area contributed by atoms with Gasteiger partial charge in [0.2, 0.25) is 0 Å². The second kappa shape index (κ2) is 6.47. The molecule has 6 heteroatoms. The Morgan fingerprint density at radius 1 is 1.35 bits per heavy atom. The summed E-state index contributed by atoms with van der Waals surface area (Å²) in [6.45, 7) is 5.04. The van der Waals surface area contributed by atoms with Crippen molar-refractivity contribution >= 4 is 11.9 Å². The number of esters is 1. The van der Waals surface area contributed by atoms with Gasteiger partial charge in [0.05, 0.1) is 5.97 Å². The molecule has 0 aliphatic rings. The molecule has 1 aromatic heterocycles. The first kappa shape index (κ1) is 16.1. The van der Waals surface area contributed by atoms with Gasteiger partial charge in [0.25, 0.3) is 0 Å². The zero-order valence-corrected chi connectivity index (χ0v) is 12.0. The Balaban J connectivity index is 2.80. The predicted molar refractivity (Wildman–Crippen MR) is 69.0 cm³/mol. The molecule has 110 valence electrons. The average molecular weight is 280 g/mol. The van der Waals surface area contributed by atoms with Crippen molar-refractivity contribution in [3.63, 3.8) is 0 Å². The molecule has 1 aromatic rings. The van der Waals surface area contributed by atoms with Crippen molar-refractivity contribution in [3.8, 4) is 0 Å².